The maximum absolute atomic E-state index is 9.59. The van der Waals surface area contributed by atoms with Gasteiger partial charge in [0.1, 0.15) is 11.8 Å². The second-order valence-corrected chi connectivity index (χ2v) is 4.48. The van der Waals surface area contributed by atoms with Gasteiger partial charge in [0.05, 0.1) is 22.8 Å². The van der Waals surface area contributed by atoms with Crippen LogP contribution in [0.15, 0.2) is 18.2 Å². The zero-order valence-corrected chi connectivity index (χ0v) is 9.50. The molecule has 1 aromatic carbocycles. The number of nitrogens with zero attached hydrogens (tertiary/aromatic N) is 1. The number of aliphatic hydroxyl groups is 1. The van der Waals surface area contributed by atoms with Gasteiger partial charge < -0.3 is 9.84 Å². The lowest BCUT2D eigenvalue weighted by atomic mass is 10.2. The normalized spacial score (nSPS) is 16.6. The van der Waals surface area contributed by atoms with E-state index in [4.69, 9.17) is 21.6 Å². The monoisotopic (exact) mass is 237 g/mol. The fourth-order valence-corrected chi connectivity index (χ4v) is 1.64. The molecule has 0 bridgehead atoms. The van der Waals surface area contributed by atoms with Crippen molar-refractivity contribution in [2.24, 2.45) is 0 Å². The minimum atomic E-state index is -0.490. The van der Waals surface area contributed by atoms with Crippen molar-refractivity contribution in [3.05, 3.63) is 28.8 Å². The third kappa shape index (κ3) is 2.66. The molecule has 0 aromatic heterocycles. The lowest BCUT2D eigenvalue weighted by molar-refractivity contribution is 0.117. The zero-order valence-electron chi connectivity index (χ0n) is 8.74. The Morgan fingerprint density at radius 3 is 2.81 bits per heavy atom. The molecule has 1 fully saturated rings. The summed E-state index contributed by atoms with van der Waals surface area (Å²) in [5.41, 5.74) is -0.0500. The molecule has 2 rings (SSSR count). The van der Waals surface area contributed by atoms with E-state index in [1.165, 1.54) is 0 Å². The largest absolute Gasteiger partial charge is 0.493 e. The van der Waals surface area contributed by atoms with Gasteiger partial charge in [0.2, 0.25) is 0 Å². The van der Waals surface area contributed by atoms with Crippen molar-refractivity contribution in [3.8, 4) is 11.8 Å². The highest BCUT2D eigenvalue weighted by molar-refractivity contribution is 6.31. The van der Waals surface area contributed by atoms with Crippen molar-refractivity contribution in [2.75, 3.05) is 6.61 Å². The van der Waals surface area contributed by atoms with Gasteiger partial charge in [-0.2, -0.15) is 5.26 Å². The molecule has 0 unspecified atom stereocenters. The van der Waals surface area contributed by atoms with Crippen molar-refractivity contribution in [1.29, 1.82) is 5.26 Å². The van der Waals surface area contributed by atoms with E-state index in [-0.39, 0.29) is 0 Å². The molecule has 1 aromatic rings. The topological polar surface area (TPSA) is 53.2 Å². The Bertz CT molecular complexity index is 435. The summed E-state index contributed by atoms with van der Waals surface area (Å²) in [7, 11) is 0. The maximum atomic E-state index is 9.59. The smallest absolute Gasteiger partial charge is 0.120 e. The molecule has 16 heavy (non-hydrogen) atoms. The van der Waals surface area contributed by atoms with E-state index in [1.807, 2.05) is 6.07 Å². The minimum absolute atomic E-state index is 0.394. The van der Waals surface area contributed by atoms with E-state index in [9.17, 15) is 5.11 Å². The first-order chi connectivity index (χ1) is 7.63. The van der Waals surface area contributed by atoms with Crippen molar-refractivity contribution < 1.29 is 9.84 Å². The Morgan fingerprint density at radius 1 is 1.50 bits per heavy atom. The van der Waals surface area contributed by atoms with Crippen LogP contribution in [-0.4, -0.2) is 17.3 Å². The number of hydrogen-bond acceptors (Lipinski definition) is 3. The second kappa shape index (κ2) is 4.32. The summed E-state index contributed by atoms with van der Waals surface area (Å²) >= 11 is 5.86. The Balaban J connectivity index is 1.90. The first-order valence-corrected chi connectivity index (χ1v) is 5.56. The zero-order chi connectivity index (χ0) is 11.6. The molecule has 0 heterocycles. The molecule has 1 aliphatic carbocycles. The Kier molecular flexibility index (Phi) is 3.04. The first-order valence-electron chi connectivity index (χ1n) is 5.18. The standard InChI is InChI=1S/C12H12ClNO2/c13-11-7-10(2-1-9(11)8-14)16-6-5-12(15)3-4-12/h1-2,7,15H,3-6H2. The van der Waals surface area contributed by atoms with Gasteiger partial charge in [0.15, 0.2) is 0 Å². The predicted octanol–water partition coefficient (Wildman–Crippen LogP) is 2.51. The van der Waals surface area contributed by atoms with Crippen LogP contribution in [0.4, 0.5) is 0 Å². The number of rotatable bonds is 4. The summed E-state index contributed by atoms with van der Waals surface area (Å²) in [6, 6.07) is 6.95. The van der Waals surface area contributed by atoms with E-state index in [2.05, 4.69) is 0 Å². The van der Waals surface area contributed by atoms with E-state index >= 15 is 0 Å². The average molecular weight is 238 g/mol. The van der Waals surface area contributed by atoms with Crippen LogP contribution in [0.1, 0.15) is 24.8 Å². The van der Waals surface area contributed by atoms with Crippen LogP contribution in [-0.2, 0) is 0 Å². The third-order valence-electron chi connectivity index (χ3n) is 2.72. The summed E-state index contributed by atoms with van der Waals surface area (Å²) in [4.78, 5) is 0. The molecular formula is C12H12ClNO2. The summed E-state index contributed by atoms with van der Waals surface area (Å²) in [5, 5.41) is 18.7. The Labute approximate surface area is 99.2 Å². The second-order valence-electron chi connectivity index (χ2n) is 4.08. The highest BCUT2D eigenvalue weighted by Gasteiger charge is 2.39. The summed E-state index contributed by atoms with van der Waals surface area (Å²) in [6.45, 7) is 0.471. The van der Waals surface area contributed by atoms with E-state index < -0.39 is 5.60 Å². The molecule has 0 aliphatic heterocycles. The van der Waals surface area contributed by atoms with Gasteiger partial charge in [-0.1, -0.05) is 11.6 Å². The molecule has 1 N–H and O–H groups in total. The van der Waals surface area contributed by atoms with Crippen LogP contribution < -0.4 is 4.74 Å². The van der Waals surface area contributed by atoms with Gasteiger partial charge in [-0.05, 0) is 25.0 Å². The molecule has 0 amide bonds. The number of halogens is 1. The van der Waals surface area contributed by atoms with Gasteiger partial charge in [0.25, 0.3) is 0 Å². The molecule has 0 atom stereocenters. The van der Waals surface area contributed by atoms with Crippen molar-refractivity contribution in [2.45, 2.75) is 24.9 Å². The van der Waals surface area contributed by atoms with E-state index in [1.54, 1.807) is 18.2 Å². The fraction of sp³-hybridized carbons (Fsp3) is 0.417. The summed E-state index contributed by atoms with van der Waals surface area (Å²) < 4.78 is 5.45. The quantitative estimate of drug-likeness (QED) is 0.876. The van der Waals surface area contributed by atoms with Crippen LogP contribution in [0.3, 0.4) is 0 Å². The van der Waals surface area contributed by atoms with E-state index in [0.717, 1.165) is 12.8 Å². The summed E-state index contributed by atoms with van der Waals surface area (Å²) in [6.07, 6.45) is 2.37. The number of hydrogen-bond donors (Lipinski definition) is 1. The molecule has 4 heteroatoms. The SMILES string of the molecule is N#Cc1ccc(OCCC2(O)CC2)cc1Cl. The minimum Gasteiger partial charge on any atom is -0.493 e. The molecule has 0 saturated heterocycles. The molecular weight excluding hydrogens is 226 g/mol. The van der Waals surface area contributed by atoms with Crippen molar-refractivity contribution in [1.82, 2.24) is 0 Å². The van der Waals surface area contributed by atoms with Crippen LogP contribution >= 0.6 is 11.6 Å². The lowest BCUT2D eigenvalue weighted by Crippen LogP contribution is -2.12. The average Bonchev–Trinajstić information content (AvgIpc) is 2.97. The Hall–Kier alpha value is -1.24. The van der Waals surface area contributed by atoms with Crippen molar-refractivity contribution in [3.63, 3.8) is 0 Å². The van der Waals surface area contributed by atoms with Crippen LogP contribution in [0.5, 0.6) is 5.75 Å². The first kappa shape index (κ1) is 11.3. The van der Waals surface area contributed by atoms with Gasteiger partial charge >= 0.3 is 0 Å². The van der Waals surface area contributed by atoms with Gasteiger partial charge in [-0.15, -0.1) is 0 Å². The molecule has 0 radical (unpaired) electrons. The van der Waals surface area contributed by atoms with Crippen molar-refractivity contribution >= 4 is 11.6 Å². The molecule has 1 saturated carbocycles. The van der Waals surface area contributed by atoms with Crippen LogP contribution in [0.25, 0.3) is 0 Å². The van der Waals surface area contributed by atoms with Gasteiger partial charge in [0, 0.05) is 12.5 Å². The van der Waals surface area contributed by atoms with Crippen LogP contribution in [0, 0.1) is 11.3 Å². The van der Waals surface area contributed by atoms with Crippen LogP contribution in [0.2, 0.25) is 5.02 Å². The van der Waals surface area contributed by atoms with E-state index in [0.29, 0.717) is 29.4 Å². The lowest BCUT2D eigenvalue weighted by Gasteiger charge is -2.09. The number of benzene rings is 1. The third-order valence-corrected chi connectivity index (χ3v) is 3.04. The highest BCUT2D eigenvalue weighted by Crippen LogP contribution is 2.38. The Morgan fingerprint density at radius 2 is 2.25 bits per heavy atom. The van der Waals surface area contributed by atoms with Gasteiger partial charge in [-0.25, -0.2) is 0 Å². The molecule has 1 aliphatic rings. The predicted molar refractivity (Wildman–Crippen MR) is 60.5 cm³/mol. The maximum Gasteiger partial charge on any atom is 0.120 e. The molecule has 0 spiro atoms. The fourth-order valence-electron chi connectivity index (χ4n) is 1.43. The number of ether oxygens (including phenoxy) is 1. The molecule has 84 valence electrons. The molecule has 3 nitrogen and oxygen atoms in total. The highest BCUT2D eigenvalue weighted by atomic mass is 35.5. The number of nitriles is 1. The van der Waals surface area contributed by atoms with Gasteiger partial charge in [-0.3, -0.25) is 0 Å². The summed E-state index contributed by atoms with van der Waals surface area (Å²) in [5.74, 6) is 0.633.